The van der Waals surface area contributed by atoms with E-state index in [9.17, 15) is 9.18 Å². The maximum Gasteiger partial charge on any atom is 0.270 e. The third-order valence-electron chi connectivity index (χ3n) is 6.27. The number of halogens is 1. The highest BCUT2D eigenvalue weighted by Crippen LogP contribution is 2.31. The molecule has 1 atom stereocenters. The van der Waals surface area contributed by atoms with Gasteiger partial charge in [-0.15, -0.1) is 0 Å². The summed E-state index contributed by atoms with van der Waals surface area (Å²) >= 11 is 0. The minimum absolute atomic E-state index is 0.241. The quantitative estimate of drug-likeness (QED) is 0.294. The van der Waals surface area contributed by atoms with Crippen LogP contribution in [0.25, 0.3) is 33.4 Å². The van der Waals surface area contributed by atoms with Crippen LogP contribution in [0.3, 0.4) is 0 Å². The molecule has 0 saturated heterocycles. The fourth-order valence-corrected chi connectivity index (χ4v) is 4.61. The van der Waals surface area contributed by atoms with Crippen molar-refractivity contribution in [2.24, 2.45) is 0 Å². The number of aromatic nitrogens is 2. The summed E-state index contributed by atoms with van der Waals surface area (Å²) < 4.78 is 16.0. The number of benzene rings is 4. The fourth-order valence-electron chi connectivity index (χ4n) is 4.61. The summed E-state index contributed by atoms with van der Waals surface area (Å²) in [6, 6.07) is 30.0. The molecule has 0 aliphatic carbocycles. The summed E-state index contributed by atoms with van der Waals surface area (Å²) in [7, 11) is 0. The molecule has 174 valence electrons. The van der Waals surface area contributed by atoms with Gasteiger partial charge < -0.3 is 9.88 Å². The van der Waals surface area contributed by atoms with Crippen molar-refractivity contribution in [1.29, 1.82) is 0 Å². The number of carbonyl (C=O) groups is 1. The average Bonchev–Trinajstić information content (AvgIpc) is 3.29. The number of imidazole rings is 1. The van der Waals surface area contributed by atoms with Gasteiger partial charge in [-0.1, -0.05) is 84.9 Å². The van der Waals surface area contributed by atoms with E-state index in [2.05, 4.69) is 23.5 Å². The number of carbonyl (C=O) groups excluding carboxylic acids is 1. The molecule has 0 saturated carbocycles. The first-order valence-electron chi connectivity index (χ1n) is 11.8. The van der Waals surface area contributed by atoms with Crippen LogP contribution in [0.2, 0.25) is 0 Å². The maximum atomic E-state index is 14.1. The summed E-state index contributed by atoms with van der Waals surface area (Å²) in [4.78, 5) is 18.7. The van der Waals surface area contributed by atoms with Gasteiger partial charge in [0.05, 0.1) is 6.04 Å². The predicted octanol–water partition coefficient (Wildman–Crippen LogP) is 7.02. The van der Waals surface area contributed by atoms with Crippen molar-refractivity contribution in [3.63, 3.8) is 0 Å². The molecule has 4 aromatic carbocycles. The van der Waals surface area contributed by atoms with Crippen LogP contribution in [0.5, 0.6) is 0 Å². The number of fused-ring (bicyclic) bond motifs is 1. The smallest absolute Gasteiger partial charge is 0.270 e. The third-order valence-corrected chi connectivity index (χ3v) is 6.27. The van der Waals surface area contributed by atoms with Gasteiger partial charge in [-0.2, -0.15) is 0 Å². The Balaban J connectivity index is 1.61. The minimum atomic E-state index is -0.370. The third kappa shape index (κ3) is 4.33. The number of hydrogen-bond donors (Lipinski definition) is 1. The van der Waals surface area contributed by atoms with Crippen molar-refractivity contribution in [3.05, 3.63) is 114 Å². The zero-order valence-corrected chi connectivity index (χ0v) is 19.7. The van der Waals surface area contributed by atoms with E-state index in [1.165, 1.54) is 12.1 Å². The summed E-state index contributed by atoms with van der Waals surface area (Å²) in [6.07, 6.45) is 0. The summed E-state index contributed by atoms with van der Waals surface area (Å²) in [5.41, 5.74) is 3.39. The van der Waals surface area contributed by atoms with Crippen LogP contribution >= 0.6 is 0 Å². The van der Waals surface area contributed by atoms with Crippen LogP contribution in [-0.4, -0.2) is 15.5 Å². The second-order valence-corrected chi connectivity index (χ2v) is 8.52. The summed E-state index contributed by atoms with van der Waals surface area (Å²) in [5, 5.41) is 5.40. The highest BCUT2D eigenvalue weighted by molar-refractivity contribution is 6.00. The standard InChI is InChI=1S/C30H26FN3O/c1-3-34-28(30(35)32-20(2)25-18-10-14-21-11-7-8-17-26(21)25)27(23-15-9-16-24(31)19-23)33-29(34)22-12-5-4-6-13-22/h4-20H,3H2,1-2H3,(H,32,35). The van der Waals surface area contributed by atoms with E-state index in [4.69, 9.17) is 4.98 Å². The van der Waals surface area contributed by atoms with Gasteiger partial charge in [-0.25, -0.2) is 9.37 Å². The summed E-state index contributed by atoms with van der Waals surface area (Å²) in [5.74, 6) is 0.0573. The van der Waals surface area contributed by atoms with Crippen LogP contribution < -0.4 is 5.32 Å². The van der Waals surface area contributed by atoms with Gasteiger partial charge in [-0.05, 0) is 42.3 Å². The number of rotatable bonds is 6. The molecule has 35 heavy (non-hydrogen) atoms. The average molecular weight is 464 g/mol. The first-order chi connectivity index (χ1) is 17.1. The Morgan fingerprint density at radius 3 is 2.37 bits per heavy atom. The first kappa shape index (κ1) is 22.5. The number of nitrogens with one attached hydrogen (secondary N) is 1. The maximum absolute atomic E-state index is 14.1. The molecule has 5 aromatic rings. The van der Waals surface area contributed by atoms with E-state index >= 15 is 0 Å². The van der Waals surface area contributed by atoms with E-state index in [1.54, 1.807) is 12.1 Å². The molecular weight excluding hydrogens is 437 g/mol. The molecule has 1 heterocycles. The Morgan fingerprint density at radius 1 is 0.914 bits per heavy atom. The highest BCUT2D eigenvalue weighted by atomic mass is 19.1. The van der Waals surface area contributed by atoms with Crippen molar-refractivity contribution in [3.8, 4) is 22.6 Å². The second kappa shape index (κ2) is 9.55. The molecular formula is C30H26FN3O. The molecule has 1 N–H and O–H groups in total. The zero-order chi connectivity index (χ0) is 24.4. The molecule has 5 rings (SSSR count). The molecule has 1 aromatic heterocycles. The Kier molecular flexibility index (Phi) is 6.15. The van der Waals surface area contributed by atoms with E-state index in [-0.39, 0.29) is 17.8 Å². The van der Waals surface area contributed by atoms with Crippen molar-refractivity contribution in [2.45, 2.75) is 26.4 Å². The monoisotopic (exact) mass is 463 g/mol. The summed E-state index contributed by atoms with van der Waals surface area (Å²) in [6.45, 7) is 4.50. The van der Waals surface area contributed by atoms with Crippen LogP contribution in [0, 0.1) is 5.82 Å². The number of amides is 1. The Morgan fingerprint density at radius 2 is 1.60 bits per heavy atom. The molecule has 0 aliphatic rings. The van der Waals surface area contributed by atoms with Crippen molar-refractivity contribution >= 4 is 16.7 Å². The minimum Gasteiger partial charge on any atom is -0.344 e. The lowest BCUT2D eigenvalue weighted by atomic mass is 9.99. The van der Waals surface area contributed by atoms with Crippen molar-refractivity contribution in [2.75, 3.05) is 0 Å². The van der Waals surface area contributed by atoms with Crippen molar-refractivity contribution in [1.82, 2.24) is 14.9 Å². The van der Waals surface area contributed by atoms with Gasteiger partial charge >= 0.3 is 0 Å². The largest absolute Gasteiger partial charge is 0.344 e. The van der Waals surface area contributed by atoms with E-state index in [0.717, 1.165) is 21.9 Å². The van der Waals surface area contributed by atoms with Gasteiger partial charge in [0.15, 0.2) is 0 Å². The lowest BCUT2D eigenvalue weighted by molar-refractivity contribution is 0.0931. The van der Waals surface area contributed by atoms with Gasteiger partial charge in [-0.3, -0.25) is 4.79 Å². The van der Waals surface area contributed by atoms with E-state index in [1.807, 2.05) is 73.0 Å². The number of hydrogen-bond acceptors (Lipinski definition) is 2. The molecule has 0 aliphatic heterocycles. The van der Waals surface area contributed by atoms with Crippen molar-refractivity contribution < 1.29 is 9.18 Å². The van der Waals surface area contributed by atoms with Gasteiger partial charge in [0.1, 0.15) is 23.0 Å². The van der Waals surface area contributed by atoms with Crippen LogP contribution in [-0.2, 0) is 6.54 Å². The van der Waals surface area contributed by atoms with Gasteiger partial charge in [0, 0.05) is 17.7 Å². The van der Waals surface area contributed by atoms with Crippen LogP contribution in [0.1, 0.15) is 35.9 Å². The number of nitrogens with zero attached hydrogens (tertiary/aromatic N) is 2. The fraction of sp³-hybridized carbons (Fsp3) is 0.133. The first-order valence-corrected chi connectivity index (χ1v) is 11.8. The Hall–Kier alpha value is -4.25. The van der Waals surface area contributed by atoms with E-state index < -0.39 is 0 Å². The second-order valence-electron chi connectivity index (χ2n) is 8.52. The predicted molar refractivity (Wildman–Crippen MR) is 139 cm³/mol. The molecule has 4 nitrogen and oxygen atoms in total. The zero-order valence-electron chi connectivity index (χ0n) is 19.7. The molecule has 1 amide bonds. The molecule has 0 fully saturated rings. The molecule has 1 unspecified atom stereocenters. The van der Waals surface area contributed by atoms with Crippen LogP contribution in [0.4, 0.5) is 4.39 Å². The SMILES string of the molecule is CCn1c(-c2ccccc2)nc(-c2cccc(F)c2)c1C(=O)NC(C)c1cccc2ccccc12. The lowest BCUT2D eigenvalue weighted by Gasteiger charge is -2.18. The van der Waals surface area contributed by atoms with Gasteiger partial charge in [0.25, 0.3) is 5.91 Å². The Bertz CT molecular complexity index is 1500. The molecule has 5 heteroatoms. The topological polar surface area (TPSA) is 46.9 Å². The molecule has 0 radical (unpaired) electrons. The van der Waals surface area contributed by atoms with Crippen LogP contribution in [0.15, 0.2) is 97.1 Å². The molecule has 0 spiro atoms. The van der Waals surface area contributed by atoms with E-state index in [0.29, 0.717) is 29.3 Å². The molecule has 0 bridgehead atoms. The highest BCUT2D eigenvalue weighted by Gasteiger charge is 2.26. The Labute approximate surface area is 204 Å². The van der Waals surface area contributed by atoms with Gasteiger partial charge in [0.2, 0.25) is 0 Å². The lowest BCUT2D eigenvalue weighted by Crippen LogP contribution is -2.29. The normalized spacial score (nSPS) is 12.0.